The van der Waals surface area contributed by atoms with Crippen molar-refractivity contribution in [3.63, 3.8) is 0 Å². The summed E-state index contributed by atoms with van der Waals surface area (Å²) < 4.78 is 75.9. The number of hydrogen-bond acceptors (Lipinski definition) is 8. The number of piperidine rings is 1. The van der Waals surface area contributed by atoms with Gasteiger partial charge in [-0.1, -0.05) is 31.2 Å². The molecule has 0 atom stereocenters. The molecule has 0 saturated carbocycles. The third-order valence-electron chi connectivity index (χ3n) is 9.58. The molecule has 7 rings (SSSR count). The first-order valence-electron chi connectivity index (χ1n) is 17.8. The van der Waals surface area contributed by atoms with Crippen LogP contribution in [0.2, 0.25) is 0 Å². The molecule has 1 N–H and O–H groups in total. The van der Waals surface area contributed by atoms with E-state index in [-0.39, 0.29) is 28.2 Å². The molecule has 284 valence electrons. The summed E-state index contributed by atoms with van der Waals surface area (Å²) in [7, 11) is 1.52. The smallest absolute Gasteiger partial charge is 0.418 e. The van der Waals surface area contributed by atoms with E-state index in [1.807, 2.05) is 0 Å². The minimum Gasteiger partial charge on any atom is -0.493 e. The monoisotopic (exact) mass is 755 g/mol. The summed E-state index contributed by atoms with van der Waals surface area (Å²) >= 11 is 0. The predicted octanol–water partition coefficient (Wildman–Crippen LogP) is 8.65. The number of para-hydroxylation sites is 3. The van der Waals surface area contributed by atoms with Crippen LogP contribution in [0.3, 0.4) is 0 Å². The second-order valence-corrected chi connectivity index (χ2v) is 13.4. The van der Waals surface area contributed by atoms with E-state index in [0.29, 0.717) is 29.0 Å². The molecule has 0 unspecified atom stereocenters. The first-order valence-corrected chi connectivity index (χ1v) is 17.8. The number of pyridine rings is 1. The van der Waals surface area contributed by atoms with E-state index in [4.69, 9.17) is 14.2 Å². The van der Waals surface area contributed by atoms with Crippen molar-refractivity contribution in [1.29, 1.82) is 0 Å². The van der Waals surface area contributed by atoms with E-state index < -0.39 is 40.4 Å². The van der Waals surface area contributed by atoms with Crippen molar-refractivity contribution >= 4 is 33.5 Å². The van der Waals surface area contributed by atoms with E-state index in [1.54, 1.807) is 24.3 Å². The lowest BCUT2D eigenvalue weighted by molar-refractivity contribution is -0.137. The Balaban J connectivity index is 1.09. The lowest BCUT2D eigenvalue weighted by atomic mass is 9.99. The molecule has 0 radical (unpaired) electrons. The largest absolute Gasteiger partial charge is 0.493 e. The molecule has 1 amide bonds. The molecule has 1 aliphatic heterocycles. The number of ether oxygens (including phenoxy) is 3. The normalized spacial score (nSPS) is 13.9. The lowest BCUT2D eigenvalue weighted by Crippen LogP contribution is -2.34. The van der Waals surface area contributed by atoms with Gasteiger partial charge in [-0.25, -0.2) is 9.37 Å². The van der Waals surface area contributed by atoms with Crippen LogP contribution >= 0.6 is 0 Å². The summed E-state index contributed by atoms with van der Waals surface area (Å²) in [5.74, 6) is -0.0340. The van der Waals surface area contributed by atoms with Gasteiger partial charge < -0.3 is 24.4 Å². The van der Waals surface area contributed by atoms with Gasteiger partial charge in [0.15, 0.2) is 28.8 Å². The van der Waals surface area contributed by atoms with Crippen LogP contribution in [0.25, 0.3) is 27.6 Å². The Hall–Kier alpha value is -6.02. The number of anilines is 1. The Bertz CT molecular complexity index is 2430. The first kappa shape index (κ1) is 37.3. The average molecular weight is 756 g/mol. The molecule has 10 nitrogen and oxygen atoms in total. The highest BCUT2D eigenvalue weighted by atomic mass is 19.4. The van der Waals surface area contributed by atoms with E-state index >= 15 is 4.39 Å². The van der Waals surface area contributed by atoms with Crippen LogP contribution in [0, 0.1) is 11.7 Å². The van der Waals surface area contributed by atoms with Crippen molar-refractivity contribution in [1.82, 2.24) is 19.4 Å². The second-order valence-electron chi connectivity index (χ2n) is 13.4. The Kier molecular flexibility index (Phi) is 10.7. The minimum absolute atomic E-state index is 0.0515. The van der Waals surface area contributed by atoms with Crippen LogP contribution in [-0.4, -0.2) is 58.7 Å². The zero-order valence-electron chi connectivity index (χ0n) is 30.0. The predicted molar refractivity (Wildman–Crippen MR) is 200 cm³/mol. The van der Waals surface area contributed by atoms with Gasteiger partial charge in [0.25, 0.3) is 11.5 Å². The molecule has 14 heteroatoms. The number of nitrogens with one attached hydrogen (secondary N) is 1. The summed E-state index contributed by atoms with van der Waals surface area (Å²) in [6.45, 7) is 5.94. The minimum atomic E-state index is -4.79. The molecule has 0 aliphatic carbocycles. The number of carbonyl (C=O) groups excluding carboxylic acids is 1. The van der Waals surface area contributed by atoms with Crippen LogP contribution in [0.5, 0.6) is 23.0 Å². The number of hydrogen-bond donors (Lipinski definition) is 1. The number of nitrogens with zero attached hydrogens (tertiary/aromatic N) is 4. The van der Waals surface area contributed by atoms with E-state index in [9.17, 15) is 22.8 Å². The standard InChI is InChI=1S/C41H37F4N5O5/c1-25-15-19-49(20-16-25)18-7-21-54-37-24-31-27(23-36(37)53-2)34(14-17-46-31)55-35-13-12-26(22-29(35)42)47-39(51)38-40(52)50(33-11-6-4-9-30(33)48-38)32-10-5-3-8-28(32)41(43,44)45/h3-6,8-14,17,22-25H,7,15-16,18-21H2,1-2H3,(H,47,51). The summed E-state index contributed by atoms with van der Waals surface area (Å²) in [5, 5.41) is 2.97. The summed E-state index contributed by atoms with van der Waals surface area (Å²) in [6, 6.07) is 19.2. The molecule has 3 heterocycles. The van der Waals surface area contributed by atoms with Gasteiger partial charge in [0.1, 0.15) is 5.75 Å². The number of amides is 1. The summed E-state index contributed by atoms with van der Waals surface area (Å²) in [5.41, 5.74) is -2.66. The molecule has 2 aromatic heterocycles. The van der Waals surface area contributed by atoms with Gasteiger partial charge in [-0.05, 0) is 86.8 Å². The quantitative estimate of drug-likeness (QED) is 0.104. The molecular formula is C41H37F4N5O5. The van der Waals surface area contributed by atoms with Crippen LogP contribution in [0.15, 0.2) is 95.9 Å². The van der Waals surface area contributed by atoms with Gasteiger partial charge in [-0.3, -0.25) is 19.1 Å². The van der Waals surface area contributed by atoms with Crippen LogP contribution in [-0.2, 0) is 6.18 Å². The molecule has 1 aliphatic rings. The number of likely N-dealkylation sites (tertiary alicyclic amines) is 1. The highest BCUT2D eigenvalue weighted by molar-refractivity contribution is 6.03. The summed E-state index contributed by atoms with van der Waals surface area (Å²) in [6.07, 6.45) is 0.0101. The first-order chi connectivity index (χ1) is 26.5. The number of benzene rings is 4. The molecule has 4 aromatic carbocycles. The number of methoxy groups -OCH3 is 1. The highest BCUT2D eigenvalue weighted by Crippen LogP contribution is 2.38. The second kappa shape index (κ2) is 15.8. The number of rotatable bonds is 11. The van der Waals surface area contributed by atoms with Gasteiger partial charge in [-0.2, -0.15) is 13.2 Å². The van der Waals surface area contributed by atoms with Crippen LogP contribution < -0.4 is 25.1 Å². The van der Waals surface area contributed by atoms with Gasteiger partial charge in [0, 0.05) is 35.9 Å². The van der Waals surface area contributed by atoms with E-state index in [1.165, 1.54) is 68.6 Å². The third kappa shape index (κ3) is 8.09. The fraction of sp³-hybridized carbons (Fsp3) is 0.268. The Morgan fingerprint density at radius 1 is 0.909 bits per heavy atom. The maximum Gasteiger partial charge on any atom is 0.418 e. The van der Waals surface area contributed by atoms with Crippen molar-refractivity contribution in [2.24, 2.45) is 5.92 Å². The molecular weight excluding hydrogens is 718 g/mol. The zero-order valence-corrected chi connectivity index (χ0v) is 30.0. The molecule has 1 fully saturated rings. The molecule has 0 spiro atoms. The van der Waals surface area contributed by atoms with Gasteiger partial charge in [0.05, 0.1) is 41.5 Å². The third-order valence-corrected chi connectivity index (χ3v) is 9.58. The highest BCUT2D eigenvalue weighted by Gasteiger charge is 2.35. The van der Waals surface area contributed by atoms with Crippen LogP contribution in [0.1, 0.15) is 42.2 Å². The van der Waals surface area contributed by atoms with E-state index in [2.05, 4.69) is 27.1 Å². The van der Waals surface area contributed by atoms with Crippen molar-refractivity contribution in [2.75, 3.05) is 38.7 Å². The van der Waals surface area contributed by atoms with Gasteiger partial charge >= 0.3 is 6.18 Å². The number of alkyl halides is 3. The molecule has 1 saturated heterocycles. The Morgan fingerprint density at radius 2 is 1.67 bits per heavy atom. The van der Waals surface area contributed by atoms with Gasteiger partial charge in [-0.15, -0.1) is 0 Å². The number of fused-ring (bicyclic) bond motifs is 2. The fourth-order valence-corrected chi connectivity index (χ4v) is 6.64. The SMILES string of the molecule is COc1cc2c(Oc3ccc(NC(=O)c4nc5ccccc5n(-c5ccccc5C(F)(F)F)c4=O)cc3F)ccnc2cc1OCCCN1CCC(C)CC1. The average Bonchev–Trinajstić information content (AvgIpc) is 3.17. The molecule has 55 heavy (non-hydrogen) atoms. The van der Waals surface area contributed by atoms with Crippen molar-refractivity contribution in [3.05, 3.63) is 119 Å². The zero-order chi connectivity index (χ0) is 38.7. The van der Waals surface area contributed by atoms with Crippen LogP contribution in [0.4, 0.5) is 23.2 Å². The number of aromatic nitrogens is 3. The van der Waals surface area contributed by atoms with Crippen molar-refractivity contribution in [2.45, 2.75) is 32.4 Å². The van der Waals surface area contributed by atoms with Crippen molar-refractivity contribution < 1.29 is 36.6 Å². The maximum absolute atomic E-state index is 15.5. The maximum atomic E-state index is 15.5. The number of carbonyl (C=O) groups is 1. The fourth-order valence-electron chi connectivity index (χ4n) is 6.64. The van der Waals surface area contributed by atoms with Crippen molar-refractivity contribution in [3.8, 4) is 28.7 Å². The molecule has 6 aromatic rings. The Morgan fingerprint density at radius 3 is 2.44 bits per heavy atom. The molecule has 0 bridgehead atoms. The lowest BCUT2D eigenvalue weighted by Gasteiger charge is -2.30. The topological polar surface area (TPSA) is 108 Å². The summed E-state index contributed by atoms with van der Waals surface area (Å²) in [4.78, 5) is 38.2. The number of halogens is 4. The Labute approximate surface area is 313 Å². The van der Waals surface area contributed by atoms with E-state index in [0.717, 1.165) is 54.7 Å². The van der Waals surface area contributed by atoms with Gasteiger partial charge in [0.2, 0.25) is 0 Å².